The Bertz CT molecular complexity index is 2130. The normalized spacial score (nSPS) is 19.7. The summed E-state index contributed by atoms with van der Waals surface area (Å²) in [6, 6.07) is 12.6. The van der Waals surface area contributed by atoms with Crippen LogP contribution in [-0.4, -0.2) is 82.2 Å². The van der Waals surface area contributed by atoms with E-state index < -0.39 is 24.8 Å². The van der Waals surface area contributed by atoms with Crippen LogP contribution in [0.25, 0.3) is 22.2 Å². The summed E-state index contributed by atoms with van der Waals surface area (Å²) in [5.41, 5.74) is 5.40. The van der Waals surface area contributed by atoms with Crippen molar-refractivity contribution in [3.8, 4) is 11.1 Å². The third kappa shape index (κ3) is 6.27. The zero-order chi connectivity index (χ0) is 36.1. The first-order valence-corrected chi connectivity index (χ1v) is 17.8. The lowest BCUT2D eigenvalue weighted by Gasteiger charge is -2.37. The lowest BCUT2D eigenvalue weighted by atomic mass is 9.95. The number of alkyl halides is 2. The minimum absolute atomic E-state index is 0.127. The third-order valence-electron chi connectivity index (χ3n) is 10.5. The van der Waals surface area contributed by atoms with Crippen molar-refractivity contribution in [2.24, 2.45) is 5.92 Å². The number of hydrogen-bond acceptors (Lipinski definition) is 6. The summed E-state index contributed by atoms with van der Waals surface area (Å²) in [5, 5.41) is 3.15. The number of benzene rings is 2. The minimum atomic E-state index is -2.55. The molecule has 0 aliphatic carbocycles. The molecule has 1 atom stereocenters. The van der Waals surface area contributed by atoms with Crippen molar-refractivity contribution in [1.82, 2.24) is 25.1 Å². The molecular weight excluding hydrogens is 692 g/mol. The number of amides is 5. The van der Waals surface area contributed by atoms with Crippen LogP contribution in [0.5, 0.6) is 0 Å². The monoisotopic (exact) mass is 727 g/mol. The maximum absolute atomic E-state index is 13.8. The van der Waals surface area contributed by atoms with Crippen LogP contribution in [0.1, 0.15) is 47.2 Å². The van der Waals surface area contributed by atoms with Gasteiger partial charge in [-0.3, -0.25) is 24.6 Å². The molecule has 4 aromatic rings. The molecule has 1 unspecified atom stereocenters. The van der Waals surface area contributed by atoms with E-state index in [0.717, 1.165) is 42.7 Å². The molecule has 0 bridgehead atoms. The summed E-state index contributed by atoms with van der Waals surface area (Å²) >= 11 is 6.60. The molecule has 6 heterocycles. The number of pyridine rings is 1. The highest BCUT2D eigenvalue weighted by atomic mass is 35.5. The number of urea groups is 1. The van der Waals surface area contributed by atoms with E-state index >= 15 is 0 Å². The van der Waals surface area contributed by atoms with Crippen molar-refractivity contribution < 1.29 is 28.0 Å². The number of carbonyl (C=O) groups excluding carboxylic acids is 4. The van der Waals surface area contributed by atoms with Gasteiger partial charge in [0.1, 0.15) is 11.7 Å². The SMILES string of the molecule is O=C1CCC(N2Cc3ccc(N4CCC(CN5C=CCN(c6cccc(-c7c[nH]c8ncc(CC(F)F)c(Cl)c78)c6)C5=O)CC4)cc3C2=O)C(=O)N1. The number of halogens is 3. The van der Waals surface area contributed by atoms with Crippen molar-refractivity contribution in [2.75, 3.05) is 36.0 Å². The predicted molar refractivity (Wildman–Crippen MR) is 192 cm³/mol. The molecule has 14 heteroatoms. The van der Waals surface area contributed by atoms with Crippen LogP contribution >= 0.6 is 11.6 Å². The first-order chi connectivity index (χ1) is 25.1. The molecule has 4 aliphatic rings. The topological polar surface area (TPSA) is 122 Å². The molecule has 2 N–H and O–H groups in total. The van der Waals surface area contributed by atoms with Gasteiger partial charge in [-0.1, -0.05) is 29.8 Å². The van der Waals surface area contributed by atoms with Crippen molar-refractivity contribution in [2.45, 2.75) is 51.1 Å². The summed E-state index contributed by atoms with van der Waals surface area (Å²) in [6.07, 6.45) is 6.19. The summed E-state index contributed by atoms with van der Waals surface area (Å²) in [7, 11) is 0. The van der Waals surface area contributed by atoms with Gasteiger partial charge in [0.15, 0.2) is 0 Å². The quantitative estimate of drug-likeness (QED) is 0.211. The van der Waals surface area contributed by atoms with Gasteiger partial charge in [0.05, 0.1) is 5.02 Å². The van der Waals surface area contributed by atoms with Gasteiger partial charge in [0.2, 0.25) is 18.2 Å². The fraction of sp³-hybridized carbons (Fsp3) is 0.342. The van der Waals surface area contributed by atoms with E-state index in [1.165, 1.54) is 6.20 Å². The van der Waals surface area contributed by atoms with Gasteiger partial charge >= 0.3 is 6.03 Å². The molecule has 4 aliphatic heterocycles. The van der Waals surface area contributed by atoms with Gasteiger partial charge in [-0.05, 0) is 72.2 Å². The van der Waals surface area contributed by atoms with E-state index in [1.807, 2.05) is 54.7 Å². The van der Waals surface area contributed by atoms with Crippen LogP contribution < -0.4 is 15.1 Å². The maximum Gasteiger partial charge on any atom is 0.328 e. The fourth-order valence-corrected chi connectivity index (χ4v) is 8.11. The number of carbonyl (C=O) groups is 4. The van der Waals surface area contributed by atoms with Crippen LogP contribution in [0, 0.1) is 5.92 Å². The largest absolute Gasteiger partial charge is 0.371 e. The number of nitrogens with one attached hydrogen (secondary N) is 2. The highest BCUT2D eigenvalue weighted by molar-refractivity contribution is 6.37. The first kappa shape index (κ1) is 33.8. The van der Waals surface area contributed by atoms with Crippen molar-refractivity contribution in [3.63, 3.8) is 0 Å². The molecule has 5 amide bonds. The zero-order valence-electron chi connectivity index (χ0n) is 28.2. The summed E-state index contributed by atoms with van der Waals surface area (Å²) in [5.74, 6) is -0.638. The van der Waals surface area contributed by atoms with Gasteiger partial charge in [-0.15, -0.1) is 0 Å². The molecule has 0 spiro atoms. The molecule has 0 radical (unpaired) electrons. The average molecular weight is 728 g/mol. The average Bonchev–Trinajstić information content (AvgIpc) is 3.72. The molecular formula is C38H36ClF2N7O4. The van der Waals surface area contributed by atoms with Crippen molar-refractivity contribution >= 4 is 57.8 Å². The minimum Gasteiger partial charge on any atom is -0.371 e. The molecule has 8 rings (SSSR count). The predicted octanol–water partition coefficient (Wildman–Crippen LogP) is 6.12. The second kappa shape index (κ2) is 13.7. The second-order valence-electron chi connectivity index (χ2n) is 13.8. The van der Waals surface area contributed by atoms with Crippen molar-refractivity contribution in [1.29, 1.82) is 0 Å². The number of piperidine rings is 2. The van der Waals surface area contributed by atoms with Crippen LogP contribution in [0.3, 0.4) is 0 Å². The summed E-state index contributed by atoms with van der Waals surface area (Å²) < 4.78 is 26.3. The number of fused-ring (bicyclic) bond motifs is 2. The number of hydrogen-bond donors (Lipinski definition) is 2. The Morgan fingerprint density at radius 3 is 2.60 bits per heavy atom. The van der Waals surface area contributed by atoms with Gasteiger partial charge in [-0.2, -0.15) is 0 Å². The molecule has 2 fully saturated rings. The number of anilines is 2. The standard InChI is InChI=1S/C38H36ClF2N7O4/c39-34-25(16-31(40)41)18-42-35-33(34)29(19-43-35)23-3-1-4-27(15-23)47-12-2-11-46(38(47)52)20-22-9-13-45(14-10-22)26-6-5-24-21-48(37(51)28(24)17-26)30-7-8-32(49)44-36(30)50/h1-6,11,15,17-19,22,30-31H,7-10,12-14,16,20-21H2,(H,42,43)(H,44,49,50). The number of imide groups is 1. The summed E-state index contributed by atoms with van der Waals surface area (Å²) in [4.78, 5) is 65.9. The second-order valence-corrected chi connectivity index (χ2v) is 14.1. The van der Waals surface area contributed by atoms with Crippen LogP contribution in [0.15, 0.2) is 67.1 Å². The lowest BCUT2D eigenvalue weighted by molar-refractivity contribution is -0.136. The lowest BCUT2D eigenvalue weighted by Crippen LogP contribution is -2.52. The molecule has 2 saturated heterocycles. The molecule has 0 saturated carbocycles. The van der Waals surface area contributed by atoms with Crippen molar-refractivity contribution in [3.05, 3.63) is 88.8 Å². The Morgan fingerprint density at radius 1 is 0.981 bits per heavy atom. The Hall–Kier alpha value is -5.30. The summed E-state index contributed by atoms with van der Waals surface area (Å²) in [6.45, 7) is 2.87. The van der Waals surface area contributed by atoms with Crippen LogP contribution in [0.4, 0.5) is 25.0 Å². The Balaban J connectivity index is 0.910. The number of rotatable bonds is 8. The molecule has 2 aromatic heterocycles. The Kier molecular flexibility index (Phi) is 8.90. The molecule has 268 valence electrons. The smallest absolute Gasteiger partial charge is 0.328 e. The molecule has 2 aromatic carbocycles. The Labute approximate surface area is 303 Å². The number of aromatic nitrogens is 2. The van der Waals surface area contributed by atoms with E-state index in [-0.39, 0.29) is 40.8 Å². The highest BCUT2D eigenvalue weighted by Crippen LogP contribution is 2.37. The van der Waals surface area contributed by atoms with Gasteiger partial charge in [0.25, 0.3) is 5.91 Å². The van der Waals surface area contributed by atoms with Crippen LogP contribution in [-0.2, 0) is 22.6 Å². The number of aromatic amines is 1. The number of nitrogens with zero attached hydrogens (tertiary/aromatic N) is 5. The van der Waals surface area contributed by atoms with E-state index in [9.17, 15) is 28.0 Å². The third-order valence-corrected chi connectivity index (χ3v) is 11.0. The van der Waals surface area contributed by atoms with Gasteiger partial charge in [0, 0.05) is 92.0 Å². The van der Waals surface area contributed by atoms with Crippen LogP contribution in [0.2, 0.25) is 5.02 Å². The fourth-order valence-electron chi connectivity index (χ4n) is 7.80. The Morgan fingerprint density at radius 2 is 1.81 bits per heavy atom. The molecule has 52 heavy (non-hydrogen) atoms. The number of H-pyrrole nitrogens is 1. The van der Waals surface area contributed by atoms with Gasteiger partial charge < -0.3 is 19.7 Å². The highest BCUT2D eigenvalue weighted by Gasteiger charge is 2.39. The van der Waals surface area contributed by atoms with E-state index in [0.29, 0.717) is 53.9 Å². The van der Waals surface area contributed by atoms with E-state index in [1.54, 1.807) is 20.9 Å². The zero-order valence-corrected chi connectivity index (χ0v) is 28.9. The van der Waals surface area contributed by atoms with Gasteiger partial charge in [-0.25, -0.2) is 18.6 Å². The molecule has 11 nitrogen and oxygen atoms in total. The van der Waals surface area contributed by atoms with E-state index in [2.05, 4.69) is 20.2 Å². The first-order valence-electron chi connectivity index (χ1n) is 17.4. The maximum atomic E-state index is 13.8. The van der Waals surface area contributed by atoms with E-state index in [4.69, 9.17) is 11.6 Å².